The molecule has 0 N–H and O–H groups in total. The predicted octanol–water partition coefficient (Wildman–Crippen LogP) is 5.55. The third kappa shape index (κ3) is 3.57. The van der Waals surface area contributed by atoms with E-state index in [-0.39, 0.29) is 5.82 Å². The van der Waals surface area contributed by atoms with Crippen molar-refractivity contribution in [3.8, 4) is 16.8 Å². The van der Waals surface area contributed by atoms with Crippen molar-refractivity contribution in [2.75, 3.05) is 36.0 Å². The van der Waals surface area contributed by atoms with Crippen molar-refractivity contribution in [1.82, 2.24) is 14.5 Å². The van der Waals surface area contributed by atoms with Crippen LogP contribution >= 0.6 is 0 Å². The summed E-state index contributed by atoms with van der Waals surface area (Å²) in [6.07, 6.45) is 3.80. The highest BCUT2D eigenvalue weighted by molar-refractivity contribution is 6.02. The lowest BCUT2D eigenvalue weighted by molar-refractivity contribution is 0.596. The summed E-state index contributed by atoms with van der Waals surface area (Å²) in [5.41, 5.74) is 4.83. The van der Waals surface area contributed by atoms with Crippen molar-refractivity contribution >= 4 is 22.5 Å². The number of para-hydroxylation sites is 2. The molecule has 1 fully saturated rings. The van der Waals surface area contributed by atoms with Gasteiger partial charge in [-0.3, -0.25) is 0 Å². The Kier molecular flexibility index (Phi) is 5.18. The number of nitrogens with zero attached hydrogens (tertiary/aromatic N) is 5. The second kappa shape index (κ2) is 8.63. The van der Waals surface area contributed by atoms with E-state index in [2.05, 4.69) is 57.0 Å². The molecule has 5 aromatic rings. The van der Waals surface area contributed by atoms with Gasteiger partial charge in [0.2, 0.25) is 0 Å². The van der Waals surface area contributed by atoms with Crippen LogP contribution < -0.4 is 9.80 Å². The molecule has 0 aliphatic carbocycles. The molecule has 3 aromatic carbocycles. The Hall–Kier alpha value is -4.19. The zero-order valence-corrected chi connectivity index (χ0v) is 18.7. The Morgan fingerprint density at radius 1 is 0.676 bits per heavy atom. The Morgan fingerprint density at radius 2 is 1.32 bits per heavy atom. The fourth-order valence-electron chi connectivity index (χ4n) is 4.77. The van der Waals surface area contributed by atoms with E-state index >= 15 is 0 Å². The molecular weight excluding hydrogens is 425 g/mol. The first-order valence-corrected chi connectivity index (χ1v) is 11.5. The third-order valence-corrected chi connectivity index (χ3v) is 6.45. The van der Waals surface area contributed by atoms with Crippen LogP contribution in [0.3, 0.4) is 0 Å². The fraction of sp³-hybridized carbons (Fsp3) is 0.143. The summed E-state index contributed by atoms with van der Waals surface area (Å²) in [6.45, 7) is 2.97. The molecule has 3 heterocycles. The monoisotopic (exact) mass is 449 g/mol. The Labute approximate surface area is 197 Å². The molecule has 34 heavy (non-hydrogen) atoms. The van der Waals surface area contributed by atoms with Crippen LogP contribution in [0.2, 0.25) is 0 Å². The molecular formula is C28H24FN5. The molecule has 0 radical (unpaired) electrons. The van der Waals surface area contributed by atoms with Gasteiger partial charge in [-0.1, -0.05) is 60.7 Å². The zero-order valence-electron chi connectivity index (χ0n) is 18.7. The first-order valence-electron chi connectivity index (χ1n) is 11.5. The second-order valence-electron chi connectivity index (χ2n) is 8.44. The van der Waals surface area contributed by atoms with E-state index in [9.17, 15) is 4.39 Å². The van der Waals surface area contributed by atoms with Crippen LogP contribution in [-0.2, 0) is 0 Å². The van der Waals surface area contributed by atoms with Gasteiger partial charge in [0.05, 0.1) is 11.1 Å². The van der Waals surface area contributed by atoms with Gasteiger partial charge < -0.3 is 14.4 Å². The number of fused-ring (bicyclic) bond motifs is 1. The van der Waals surface area contributed by atoms with Gasteiger partial charge >= 0.3 is 0 Å². The van der Waals surface area contributed by atoms with Crippen molar-refractivity contribution in [1.29, 1.82) is 0 Å². The van der Waals surface area contributed by atoms with Crippen LogP contribution in [0.5, 0.6) is 0 Å². The molecule has 0 atom stereocenters. The quantitative estimate of drug-likeness (QED) is 0.360. The number of rotatable bonds is 4. The van der Waals surface area contributed by atoms with E-state index in [1.165, 1.54) is 6.07 Å². The van der Waals surface area contributed by atoms with Crippen molar-refractivity contribution in [2.45, 2.75) is 0 Å². The van der Waals surface area contributed by atoms with E-state index in [4.69, 9.17) is 9.97 Å². The summed E-state index contributed by atoms with van der Waals surface area (Å²) in [5.74, 6) is 0.749. The van der Waals surface area contributed by atoms with Crippen LogP contribution in [-0.4, -0.2) is 40.7 Å². The number of anilines is 2. The molecule has 0 unspecified atom stereocenters. The maximum Gasteiger partial charge on any atom is 0.150 e. The average molecular weight is 450 g/mol. The number of halogens is 1. The molecule has 2 aromatic heterocycles. The summed E-state index contributed by atoms with van der Waals surface area (Å²) in [5, 5.41) is 1.04. The van der Waals surface area contributed by atoms with Gasteiger partial charge in [0.1, 0.15) is 18.0 Å². The highest BCUT2D eigenvalue weighted by Gasteiger charge is 2.25. The molecule has 0 bridgehead atoms. The number of hydrogen-bond acceptors (Lipinski definition) is 4. The maximum atomic E-state index is 14.3. The summed E-state index contributed by atoms with van der Waals surface area (Å²) >= 11 is 0. The predicted molar refractivity (Wildman–Crippen MR) is 135 cm³/mol. The fourth-order valence-corrected chi connectivity index (χ4v) is 4.77. The van der Waals surface area contributed by atoms with Gasteiger partial charge in [0, 0.05) is 43.6 Å². The van der Waals surface area contributed by atoms with Crippen LogP contribution in [0.1, 0.15) is 0 Å². The molecule has 6 heteroatoms. The average Bonchev–Trinajstić information content (AvgIpc) is 3.30. The third-order valence-electron chi connectivity index (χ3n) is 6.45. The van der Waals surface area contributed by atoms with Crippen molar-refractivity contribution in [3.05, 3.63) is 103 Å². The number of hydrogen-bond donors (Lipinski definition) is 0. The van der Waals surface area contributed by atoms with E-state index in [0.29, 0.717) is 5.69 Å². The number of piperazine rings is 1. The Bertz CT molecular complexity index is 1420. The smallest absolute Gasteiger partial charge is 0.150 e. The van der Waals surface area contributed by atoms with Gasteiger partial charge in [-0.2, -0.15) is 0 Å². The normalized spacial score (nSPS) is 14.0. The zero-order chi connectivity index (χ0) is 22.9. The minimum Gasteiger partial charge on any atom is -0.366 e. The first kappa shape index (κ1) is 20.4. The SMILES string of the molecule is Fc1ccccc1N1CCN(c2ncnc3c2c(-c2ccccc2)cn3-c2ccccc2)CC1. The van der Waals surface area contributed by atoms with E-state index in [0.717, 1.165) is 59.8 Å². The molecule has 1 aliphatic heterocycles. The van der Waals surface area contributed by atoms with Gasteiger partial charge in [0.15, 0.2) is 5.65 Å². The molecule has 5 nitrogen and oxygen atoms in total. The topological polar surface area (TPSA) is 37.2 Å². The summed E-state index contributed by atoms with van der Waals surface area (Å²) < 4.78 is 16.5. The lowest BCUT2D eigenvalue weighted by atomic mass is 10.1. The van der Waals surface area contributed by atoms with Crippen molar-refractivity contribution in [2.24, 2.45) is 0 Å². The molecule has 168 valence electrons. The van der Waals surface area contributed by atoms with Gasteiger partial charge in [0.25, 0.3) is 0 Å². The summed E-state index contributed by atoms with van der Waals surface area (Å²) in [7, 11) is 0. The minimum atomic E-state index is -0.174. The van der Waals surface area contributed by atoms with Crippen molar-refractivity contribution < 1.29 is 4.39 Å². The van der Waals surface area contributed by atoms with E-state index in [1.807, 2.05) is 36.4 Å². The van der Waals surface area contributed by atoms with Crippen molar-refractivity contribution in [3.63, 3.8) is 0 Å². The van der Waals surface area contributed by atoms with E-state index in [1.54, 1.807) is 12.4 Å². The standard InChI is InChI=1S/C28H24FN5/c29-24-13-7-8-14-25(24)32-15-17-33(18-16-32)27-26-23(21-9-3-1-4-10-21)19-34(28(26)31-20-30-27)22-11-5-2-6-12-22/h1-14,19-20H,15-18H2. The minimum absolute atomic E-state index is 0.174. The molecule has 0 saturated carbocycles. The summed E-state index contributed by atoms with van der Waals surface area (Å²) in [4.78, 5) is 13.8. The summed E-state index contributed by atoms with van der Waals surface area (Å²) in [6, 6.07) is 27.6. The Balaban J connectivity index is 1.42. The lowest BCUT2D eigenvalue weighted by Gasteiger charge is -2.37. The molecule has 0 spiro atoms. The maximum absolute atomic E-state index is 14.3. The van der Waals surface area contributed by atoms with Gasteiger partial charge in [-0.15, -0.1) is 0 Å². The number of benzene rings is 3. The molecule has 1 saturated heterocycles. The lowest BCUT2D eigenvalue weighted by Crippen LogP contribution is -2.47. The van der Waals surface area contributed by atoms with Gasteiger partial charge in [-0.05, 0) is 29.8 Å². The van der Waals surface area contributed by atoms with Crippen LogP contribution in [0, 0.1) is 5.82 Å². The second-order valence-corrected chi connectivity index (χ2v) is 8.44. The van der Waals surface area contributed by atoms with Crippen LogP contribution in [0.25, 0.3) is 27.8 Å². The van der Waals surface area contributed by atoms with Gasteiger partial charge in [-0.25, -0.2) is 14.4 Å². The van der Waals surface area contributed by atoms with E-state index < -0.39 is 0 Å². The number of aromatic nitrogens is 3. The molecule has 6 rings (SSSR count). The first-order chi connectivity index (χ1) is 16.8. The molecule has 1 aliphatic rings. The largest absolute Gasteiger partial charge is 0.366 e. The molecule has 0 amide bonds. The Morgan fingerprint density at radius 3 is 2.06 bits per heavy atom. The van der Waals surface area contributed by atoms with Crippen LogP contribution in [0.15, 0.2) is 97.5 Å². The van der Waals surface area contributed by atoms with Crippen LogP contribution in [0.4, 0.5) is 15.9 Å². The highest BCUT2D eigenvalue weighted by atomic mass is 19.1. The highest BCUT2D eigenvalue weighted by Crippen LogP contribution is 2.37.